The van der Waals surface area contributed by atoms with Crippen LogP contribution in [0.1, 0.15) is 38.5 Å². The molecule has 15 heavy (non-hydrogen) atoms. The van der Waals surface area contributed by atoms with Crippen LogP contribution >= 0.6 is 0 Å². The average Bonchev–Trinajstić information content (AvgIpc) is 2.24. The topological polar surface area (TPSA) is 60.8 Å². The second-order valence-corrected chi connectivity index (χ2v) is 4.22. The summed E-state index contributed by atoms with van der Waals surface area (Å²) in [6, 6.07) is 0.309. The van der Waals surface area contributed by atoms with Gasteiger partial charge in [0.05, 0.1) is 6.61 Å². The molecule has 0 aromatic carbocycles. The molecule has 0 spiro atoms. The van der Waals surface area contributed by atoms with Crippen LogP contribution in [-0.4, -0.2) is 46.8 Å². The van der Waals surface area contributed by atoms with Gasteiger partial charge < -0.3 is 10.2 Å². The molecule has 1 fully saturated rings. The maximum Gasteiger partial charge on any atom is 0.303 e. The van der Waals surface area contributed by atoms with Gasteiger partial charge in [0.15, 0.2) is 0 Å². The Morgan fingerprint density at radius 3 is 2.80 bits per heavy atom. The van der Waals surface area contributed by atoms with E-state index in [0.717, 1.165) is 32.4 Å². The van der Waals surface area contributed by atoms with Crippen LogP contribution in [0.3, 0.4) is 0 Å². The summed E-state index contributed by atoms with van der Waals surface area (Å²) < 4.78 is 0. The van der Waals surface area contributed by atoms with Gasteiger partial charge in [-0.15, -0.1) is 0 Å². The van der Waals surface area contributed by atoms with E-state index in [1.54, 1.807) is 0 Å². The van der Waals surface area contributed by atoms with E-state index in [0.29, 0.717) is 6.04 Å². The molecule has 0 aromatic heterocycles. The van der Waals surface area contributed by atoms with Crippen molar-refractivity contribution >= 4 is 5.97 Å². The fourth-order valence-electron chi connectivity index (χ4n) is 2.15. The van der Waals surface area contributed by atoms with Gasteiger partial charge in [-0.05, 0) is 38.8 Å². The van der Waals surface area contributed by atoms with E-state index in [-0.39, 0.29) is 13.0 Å². The Bertz CT molecular complexity index is 196. The molecule has 1 aliphatic rings. The molecule has 0 amide bonds. The van der Waals surface area contributed by atoms with Gasteiger partial charge in [-0.1, -0.05) is 6.42 Å². The minimum Gasteiger partial charge on any atom is -0.481 e. The number of carboxylic acid groups (broad SMARTS) is 1. The van der Waals surface area contributed by atoms with E-state index in [1.165, 1.54) is 12.8 Å². The largest absolute Gasteiger partial charge is 0.481 e. The van der Waals surface area contributed by atoms with Crippen molar-refractivity contribution in [2.45, 2.75) is 44.6 Å². The number of unbranched alkanes of at least 4 members (excludes halogenated alkanes) is 1. The molecule has 0 bridgehead atoms. The Kier molecular flexibility index (Phi) is 5.65. The Morgan fingerprint density at radius 1 is 1.33 bits per heavy atom. The van der Waals surface area contributed by atoms with Gasteiger partial charge in [0.1, 0.15) is 0 Å². The maximum atomic E-state index is 10.3. The number of aliphatic hydroxyl groups is 1. The van der Waals surface area contributed by atoms with Crippen molar-refractivity contribution in [3.63, 3.8) is 0 Å². The summed E-state index contributed by atoms with van der Waals surface area (Å²) >= 11 is 0. The molecule has 1 saturated heterocycles. The fourth-order valence-corrected chi connectivity index (χ4v) is 2.15. The second-order valence-electron chi connectivity index (χ2n) is 4.22. The lowest BCUT2D eigenvalue weighted by molar-refractivity contribution is -0.137. The number of hydrogen-bond donors (Lipinski definition) is 2. The molecule has 0 aromatic rings. The lowest BCUT2D eigenvalue weighted by Crippen LogP contribution is -2.42. The van der Waals surface area contributed by atoms with Crippen molar-refractivity contribution in [2.75, 3.05) is 19.7 Å². The predicted molar refractivity (Wildman–Crippen MR) is 57.8 cm³/mol. The predicted octanol–water partition coefficient (Wildman–Crippen LogP) is 1.09. The zero-order valence-electron chi connectivity index (χ0n) is 9.19. The normalized spacial score (nSPS) is 22.9. The summed E-state index contributed by atoms with van der Waals surface area (Å²) in [5.74, 6) is -0.715. The lowest BCUT2D eigenvalue weighted by atomic mass is 10.0. The summed E-state index contributed by atoms with van der Waals surface area (Å²) in [7, 11) is 0. The molecule has 2 N–H and O–H groups in total. The molecule has 1 heterocycles. The number of hydrogen-bond acceptors (Lipinski definition) is 3. The summed E-state index contributed by atoms with van der Waals surface area (Å²) in [6.45, 7) is 2.22. The van der Waals surface area contributed by atoms with Gasteiger partial charge in [-0.2, -0.15) is 0 Å². The summed E-state index contributed by atoms with van der Waals surface area (Å²) in [6.07, 6.45) is 5.41. The van der Waals surface area contributed by atoms with E-state index in [2.05, 4.69) is 4.90 Å². The van der Waals surface area contributed by atoms with E-state index >= 15 is 0 Å². The van der Waals surface area contributed by atoms with Crippen molar-refractivity contribution in [2.24, 2.45) is 0 Å². The first-order valence-electron chi connectivity index (χ1n) is 5.80. The minimum absolute atomic E-state index is 0.235. The van der Waals surface area contributed by atoms with Crippen LogP contribution in [0, 0.1) is 0 Å². The third kappa shape index (κ3) is 4.62. The summed E-state index contributed by atoms with van der Waals surface area (Å²) in [4.78, 5) is 12.6. The number of likely N-dealkylation sites (tertiary alicyclic amines) is 1. The molecule has 4 heteroatoms. The van der Waals surface area contributed by atoms with E-state index in [1.807, 2.05) is 0 Å². The van der Waals surface area contributed by atoms with Gasteiger partial charge in [0, 0.05) is 12.5 Å². The number of aliphatic carboxylic acids is 1. The Balaban J connectivity index is 2.15. The zero-order valence-corrected chi connectivity index (χ0v) is 9.19. The molecule has 88 valence electrons. The third-order valence-electron chi connectivity index (χ3n) is 3.05. The maximum absolute atomic E-state index is 10.3. The van der Waals surface area contributed by atoms with Gasteiger partial charge in [-0.3, -0.25) is 9.69 Å². The van der Waals surface area contributed by atoms with Crippen molar-refractivity contribution in [3.05, 3.63) is 0 Å². The molecule has 4 nitrogen and oxygen atoms in total. The number of carbonyl (C=O) groups is 1. The number of nitrogens with zero attached hydrogens (tertiary/aromatic N) is 1. The third-order valence-corrected chi connectivity index (χ3v) is 3.05. The highest BCUT2D eigenvalue weighted by Gasteiger charge is 2.20. The molecule has 0 aliphatic carbocycles. The van der Waals surface area contributed by atoms with Gasteiger partial charge >= 0.3 is 5.97 Å². The van der Waals surface area contributed by atoms with E-state index < -0.39 is 5.97 Å². The molecule has 1 atom stereocenters. The second kappa shape index (κ2) is 6.80. The van der Waals surface area contributed by atoms with Crippen LogP contribution in [0.15, 0.2) is 0 Å². The van der Waals surface area contributed by atoms with Crippen LogP contribution in [-0.2, 0) is 4.79 Å². The monoisotopic (exact) mass is 215 g/mol. The van der Waals surface area contributed by atoms with Crippen molar-refractivity contribution in [3.8, 4) is 0 Å². The first kappa shape index (κ1) is 12.5. The Labute approximate surface area is 90.9 Å². The Hall–Kier alpha value is -0.610. The highest BCUT2D eigenvalue weighted by Crippen LogP contribution is 2.17. The smallest absolute Gasteiger partial charge is 0.303 e. The number of carboxylic acids is 1. The van der Waals surface area contributed by atoms with E-state index in [9.17, 15) is 9.90 Å². The first-order chi connectivity index (χ1) is 7.24. The first-order valence-corrected chi connectivity index (χ1v) is 5.80. The van der Waals surface area contributed by atoms with Crippen molar-refractivity contribution < 1.29 is 15.0 Å². The van der Waals surface area contributed by atoms with Gasteiger partial charge in [0.25, 0.3) is 0 Å². The molecule has 1 unspecified atom stereocenters. The SMILES string of the molecule is O=C(O)CCCCN1CCCCC1CO. The van der Waals surface area contributed by atoms with Gasteiger partial charge in [0.2, 0.25) is 0 Å². The minimum atomic E-state index is -0.715. The molecule has 1 aliphatic heterocycles. The molecule has 1 rings (SSSR count). The van der Waals surface area contributed by atoms with E-state index in [4.69, 9.17) is 5.11 Å². The number of aliphatic hydroxyl groups excluding tert-OH is 1. The standard InChI is InChI=1S/C11H21NO3/c13-9-10-5-1-3-7-12(10)8-4-2-6-11(14)15/h10,13H,1-9H2,(H,14,15). The summed E-state index contributed by atoms with van der Waals surface area (Å²) in [5, 5.41) is 17.7. The van der Waals surface area contributed by atoms with Crippen molar-refractivity contribution in [1.29, 1.82) is 0 Å². The molecular weight excluding hydrogens is 194 g/mol. The average molecular weight is 215 g/mol. The van der Waals surface area contributed by atoms with Crippen LogP contribution < -0.4 is 0 Å². The number of rotatable bonds is 6. The molecule has 0 radical (unpaired) electrons. The zero-order chi connectivity index (χ0) is 11.1. The van der Waals surface area contributed by atoms with Crippen LogP contribution in [0.5, 0.6) is 0 Å². The van der Waals surface area contributed by atoms with Gasteiger partial charge in [-0.25, -0.2) is 0 Å². The quantitative estimate of drug-likeness (QED) is 0.651. The molecular formula is C11H21NO3. The van der Waals surface area contributed by atoms with Crippen LogP contribution in [0.4, 0.5) is 0 Å². The highest BCUT2D eigenvalue weighted by atomic mass is 16.4. The summed E-state index contributed by atoms with van der Waals surface area (Å²) in [5.41, 5.74) is 0. The fraction of sp³-hybridized carbons (Fsp3) is 0.909. The highest BCUT2D eigenvalue weighted by molar-refractivity contribution is 5.66. The number of piperidine rings is 1. The van der Waals surface area contributed by atoms with Crippen molar-refractivity contribution in [1.82, 2.24) is 4.90 Å². The van der Waals surface area contributed by atoms with Crippen LogP contribution in [0.25, 0.3) is 0 Å². The Morgan fingerprint density at radius 2 is 2.13 bits per heavy atom. The molecule has 0 saturated carbocycles. The van der Waals surface area contributed by atoms with Crippen LogP contribution in [0.2, 0.25) is 0 Å². The lowest BCUT2D eigenvalue weighted by Gasteiger charge is -2.34.